The van der Waals surface area contributed by atoms with Gasteiger partial charge in [-0.15, -0.1) is 11.8 Å². The van der Waals surface area contributed by atoms with Gasteiger partial charge in [0.15, 0.2) is 5.82 Å². The average Bonchev–Trinajstić information content (AvgIpc) is 2.17. The van der Waals surface area contributed by atoms with Gasteiger partial charge in [-0.2, -0.15) is 0 Å². The minimum Gasteiger partial charge on any atom is -0.475 e. The topological polar surface area (TPSA) is 54.4 Å². The van der Waals surface area contributed by atoms with E-state index in [0.717, 1.165) is 23.9 Å². The molecule has 3 nitrogen and oxygen atoms in total. The first kappa shape index (κ1) is 11.6. The molecule has 1 aromatic rings. The van der Waals surface area contributed by atoms with E-state index >= 15 is 0 Å². The molecule has 1 N–H and O–H groups in total. The van der Waals surface area contributed by atoms with Crippen molar-refractivity contribution in [3.05, 3.63) is 29.3 Å². The van der Waals surface area contributed by atoms with E-state index in [1.807, 2.05) is 0 Å². The highest BCUT2D eigenvalue weighted by Crippen LogP contribution is 2.25. The van der Waals surface area contributed by atoms with E-state index in [4.69, 9.17) is 5.11 Å². The molecule has 80 valence electrons. The van der Waals surface area contributed by atoms with Crippen molar-refractivity contribution < 1.29 is 23.5 Å². The van der Waals surface area contributed by atoms with Crippen LogP contribution in [0.5, 0.6) is 0 Å². The van der Waals surface area contributed by atoms with Gasteiger partial charge in [0.25, 0.3) is 5.78 Å². The van der Waals surface area contributed by atoms with Gasteiger partial charge < -0.3 is 5.11 Å². The van der Waals surface area contributed by atoms with E-state index in [2.05, 4.69) is 0 Å². The third kappa shape index (κ3) is 2.15. The van der Waals surface area contributed by atoms with Crippen LogP contribution in [-0.2, 0) is 4.79 Å². The zero-order chi connectivity index (χ0) is 11.6. The molecule has 0 aliphatic heterocycles. The predicted octanol–water partition coefficient (Wildman–Crippen LogP) is 1.95. The van der Waals surface area contributed by atoms with Gasteiger partial charge in [0.1, 0.15) is 5.82 Å². The molecule has 0 heterocycles. The van der Waals surface area contributed by atoms with Crippen LogP contribution in [0.15, 0.2) is 17.0 Å². The zero-order valence-corrected chi connectivity index (χ0v) is 8.40. The van der Waals surface area contributed by atoms with Gasteiger partial charge in [-0.3, -0.25) is 4.79 Å². The summed E-state index contributed by atoms with van der Waals surface area (Å²) in [4.78, 5) is 20.9. The van der Waals surface area contributed by atoms with Crippen molar-refractivity contribution >= 4 is 23.5 Å². The Labute approximate surface area is 88.1 Å². The van der Waals surface area contributed by atoms with Crippen LogP contribution in [0, 0.1) is 11.6 Å². The largest absolute Gasteiger partial charge is 0.475 e. The minimum absolute atomic E-state index is 0.359. The van der Waals surface area contributed by atoms with Crippen LogP contribution in [0.3, 0.4) is 0 Å². The van der Waals surface area contributed by atoms with Crippen LogP contribution < -0.4 is 0 Å². The molecule has 0 aliphatic carbocycles. The van der Waals surface area contributed by atoms with E-state index in [-0.39, 0.29) is 4.90 Å². The standard InChI is InChI=1S/C9H6F2O3S/c1-15-8-5(10)3-2-4(6(8)11)7(12)9(13)14/h2-3H,1H3,(H,13,14). The molecule has 0 fully saturated rings. The number of hydrogen-bond donors (Lipinski definition) is 1. The van der Waals surface area contributed by atoms with Gasteiger partial charge in [-0.1, -0.05) is 0 Å². The van der Waals surface area contributed by atoms with Gasteiger partial charge >= 0.3 is 5.97 Å². The molecule has 1 aromatic carbocycles. The van der Waals surface area contributed by atoms with Crippen molar-refractivity contribution in [1.82, 2.24) is 0 Å². The Morgan fingerprint density at radius 2 is 1.93 bits per heavy atom. The van der Waals surface area contributed by atoms with Gasteiger partial charge in [-0.05, 0) is 18.4 Å². The normalized spacial score (nSPS) is 10.1. The van der Waals surface area contributed by atoms with Gasteiger partial charge in [0, 0.05) is 0 Å². The number of aliphatic carboxylic acids is 1. The Balaban J connectivity index is 3.34. The van der Waals surface area contributed by atoms with Crippen molar-refractivity contribution in [1.29, 1.82) is 0 Å². The molecule has 0 unspecified atom stereocenters. The number of carbonyl (C=O) groups is 2. The Morgan fingerprint density at radius 1 is 1.33 bits per heavy atom. The molecule has 0 amide bonds. The second-order valence-corrected chi connectivity index (χ2v) is 3.39. The predicted molar refractivity (Wildman–Crippen MR) is 50.1 cm³/mol. The van der Waals surface area contributed by atoms with Crippen LogP contribution >= 0.6 is 11.8 Å². The Morgan fingerprint density at radius 3 is 2.40 bits per heavy atom. The molecule has 0 radical (unpaired) electrons. The maximum Gasteiger partial charge on any atom is 0.377 e. The minimum atomic E-state index is -1.77. The lowest BCUT2D eigenvalue weighted by molar-refractivity contribution is -0.131. The van der Waals surface area contributed by atoms with Crippen molar-refractivity contribution in [2.75, 3.05) is 6.26 Å². The maximum atomic E-state index is 13.4. The molecule has 0 aromatic heterocycles. The second kappa shape index (κ2) is 4.39. The monoisotopic (exact) mass is 232 g/mol. The summed E-state index contributed by atoms with van der Waals surface area (Å²) in [5.41, 5.74) is -0.631. The Bertz CT molecular complexity index is 432. The number of carbonyl (C=O) groups excluding carboxylic acids is 1. The molecular formula is C9H6F2O3S. The van der Waals surface area contributed by atoms with Crippen molar-refractivity contribution in [3.8, 4) is 0 Å². The molecule has 1 rings (SSSR count). The van der Waals surface area contributed by atoms with Gasteiger partial charge in [0.05, 0.1) is 10.5 Å². The molecule has 0 aliphatic rings. The van der Waals surface area contributed by atoms with E-state index in [1.54, 1.807) is 0 Å². The number of hydrogen-bond acceptors (Lipinski definition) is 3. The molecule has 0 saturated heterocycles. The van der Waals surface area contributed by atoms with Crippen LogP contribution in [-0.4, -0.2) is 23.1 Å². The van der Waals surface area contributed by atoms with E-state index in [1.165, 1.54) is 6.26 Å². The third-order valence-electron chi connectivity index (χ3n) is 1.69. The van der Waals surface area contributed by atoms with Crippen LogP contribution in [0.1, 0.15) is 10.4 Å². The lowest BCUT2D eigenvalue weighted by atomic mass is 10.1. The smallest absolute Gasteiger partial charge is 0.377 e. The number of benzene rings is 1. The molecule has 0 atom stereocenters. The summed E-state index contributed by atoms with van der Waals surface area (Å²) in [6.45, 7) is 0. The Hall–Kier alpha value is -1.43. The fourth-order valence-electron chi connectivity index (χ4n) is 1.01. The fraction of sp³-hybridized carbons (Fsp3) is 0.111. The highest BCUT2D eigenvalue weighted by molar-refractivity contribution is 7.98. The van der Waals surface area contributed by atoms with E-state index < -0.39 is 29.0 Å². The number of carboxylic acid groups (broad SMARTS) is 1. The van der Waals surface area contributed by atoms with E-state index in [9.17, 15) is 18.4 Å². The SMILES string of the molecule is CSc1c(F)ccc(C(=O)C(=O)O)c1F. The summed E-state index contributed by atoms with van der Waals surface area (Å²) in [5.74, 6) is -5.10. The lowest BCUT2D eigenvalue weighted by Gasteiger charge is -2.04. The number of Topliss-reactive ketones (excluding diaryl/α,β-unsaturated/α-hetero) is 1. The van der Waals surface area contributed by atoms with Gasteiger partial charge in [-0.25, -0.2) is 13.6 Å². The number of rotatable bonds is 3. The second-order valence-electron chi connectivity index (χ2n) is 2.58. The average molecular weight is 232 g/mol. The zero-order valence-electron chi connectivity index (χ0n) is 7.58. The summed E-state index contributed by atoms with van der Waals surface area (Å²) in [7, 11) is 0. The summed E-state index contributed by atoms with van der Waals surface area (Å²) in [6.07, 6.45) is 1.43. The van der Waals surface area contributed by atoms with Crippen molar-refractivity contribution in [2.45, 2.75) is 4.90 Å². The number of thioether (sulfide) groups is 1. The number of halogens is 2. The number of ketones is 1. The molecule has 0 spiro atoms. The molecule has 0 saturated carbocycles. The summed E-state index contributed by atoms with van der Waals surface area (Å²) in [6, 6.07) is 1.69. The fourth-order valence-corrected chi connectivity index (χ4v) is 1.56. The highest BCUT2D eigenvalue weighted by atomic mass is 32.2. The van der Waals surface area contributed by atoms with Crippen LogP contribution in [0.2, 0.25) is 0 Å². The van der Waals surface area contributed by atoms with Crippen molar-refractivity contribution in [2.24, 2.45) is 0 Å². The van der Waals surface area contributed by atoms with E-state index in [0.29, 0.717) is 0 Å². The summed E-state index contributed by atoms with van der Waals surface area (Å²) >= 11 is 0.770. The quantitative estimate of drug-likeness (QED) is 0.491. The highest BCUT2D eigenvalue weighted by Gasteiger charge is 2.22. The molecule has 15 heavy (non-hydrogen) atoms. The molecule has 0 bridgehead atoms. The maximum absolute atomic E-state index is 13.4. The first-order valence-electron chi connectivity index (χ1n) is 3.78. The first-order valence-corrected chi connectivity index (χ1v) is 5.01. The Kier molecular flexibility index (Phi) is 3.41. The van der Waals surface area contributed by atoms with Crippen LogP contribution in [0.4, 0.5) is 8.78 Å². The lowest BCUT2D eigenvalue weighted by Crippen LogP contribution is -2.15. The summed E-state index contributed by atoms with van der Waals surface area (Å²) < 4.78 is 26.4. The number of carboxylic acids is 1. The first-order chi connectivity index (χ1) is 6.99. The molecular weight excluding hydrogens is 226 g/mol. The van der Waals surface area contributed by atoms with Crippen molar-refractivity contribution in [3.63, 3.8) is 0 Å². The van der Waals surface area contributed by atoms with Crippen LogP contribution in [0.25, 0.3) is 0 Å². The molecule has 6 heteroatoms. The van der Waals surface area contributed by atoms with Gasteiger partial charge in [0.2, 0.25) is 0 Å². The third-order valence-corrected chi connectivity index (χ3v) is 2.47. The summed E-state index contributed by atoms with van der Waals surface area (Å²) in [5, 5.41) is 8.38.